The van der Waals surface area contributed by atoms with Crippen molar-refractivity contribution >= 4 is 11.7 Å². The van der Waals surface area contributed by atoms with E-state index in [2.05, 4.69) is 15.5 Å². The lowest BCUT2D eigenvalue weighted by Crippen LogP contribution is -2.28. The topological polar surface area (TPSA) is 88.3 Å². The molecule has 0 bridgehead atoms. The lowest BCUT2D eigenvalue weighted by molar-refractivity contribution is -0.137. The third kappa shape index (κ3) is 2.90. The van der Waals surface area contributed by atoms with Gasteiger partial charge in [-0.25, -0.2) is 4.79 Å². The maximum Gasteiger partial charge on any atom is 0.326 e. The first-order valence-corrected chi connectivity index (χ1v) is 5.98. The van der Waals surface area contributed by atoms with Crippen LogP contribution < -0.4 is 5.32 Å². The molecule has 1 heterocycles. The Kier molecular flexibility index (Phi) is 3.79. The number of aliphatic carboxylic acids is 1. The van der Waals surface area contributed by atoms with Crippen LogP contribution in [0.2, 0.25) is 0 Å². The van der Waals surface area contributed by atoms with Crippen molar-refractivity contribution < 1.29 is 14.3 Å². The van der Waals surface area contributed by atoms with Crippen LogP contribution in [0.25, 0.3) is 11.5 Å². The molecule has 6 nitrogen and oxygen atoms in total. The third-order valence-corrected chi connectivity index (χ3v) is 2.87. The summed E-state index contributed by atoms with van der Waals surface area (Å²) in [5.41, 5.74) is 2.52. The van der Waals surface area contributed by atoms with Crippen molar-refractivity contribution in [1.82, 2.24) is 10.2 Å². The van der Waals surface area contributed by atoms with E-state index in [-0.39, 0.29) is 0 Å². The monoisotopic (exact) mass is 261 g/mol. The zero-order valence-corrected chi connectivity index (χ0v) is 10.8. The Morgan fingerprint density at radius 2 is 2.32 bits per heavy atom. The van der Waals surface area contributed by atoms with Crippen molar-refractivity contribution in [3.05, 3.63) is 30.2 Å². The highest BCUT2D eigenvalue weighted by Gasteiger charge is 2.15. The summed E-state index contributed by atoms with van der Waals surface area (Å²) in [5, 5.41) is 19.5. The summed E-state index contributed by atoms with van der Waals surface area (Å²) < 4.78 is 5.12. The molecular formula is C13H15N3O3. The Bertz CT molecular complexity index is 567. The molecule has 0 saturated heterocycles. The van der Waals surface area contributed by atoms with Crippen molar-refractivity contribution in [2.45, 2.75) is 26.3 Å². The van der Waals surface area contributed by atoms with Gasteiger partial charge in [0.1, 0.15) is 6.04 Å². The molecule has 0 saturated carbocycles. The van der Waals surface area contributed by atoms with Gasteiger partial charge in [-0.2, -0.15) is 0 Å². The molecule has 0 amide bonds. The average molecular weight is 261 g/mol. The molecule has 0 aliphatic carbocycles. The number of hydrogen-bond acceptors (Lipinski definition) is 5. The van der Waals surface area contributed by atoms with Crippen LogP contribution >= 0.6 is 0 Å². The van der Waals surface area contributed by atoms with Crippen LogP contribution in [0.4, 0.5) is 5.69 Å². The summed E-state index contributed by atoms with van der Waals surface area (Å²) in [4.78, 5) is 11.0. The van der Waals surface area contributed by atoms with Crippen molar-refractivity contribution in [1.29, 1.82) is 0 Å². The van der Waals surface area contributed by atoms with Gasteiger partial charge in [0.25, 0.3) is 0 Å². The molecule has 1 aromatic heterocycles. The van der Waals surface area contributed by atoms with Gasteiger partial charge in [-0.05, 0) is 37.1 Å². The molecule has 0 aliphatic heterocycles. The largest absolute Gasteiger partial charge is 0.480 e. The van der Waals surface area contributed by atoms with Gasteiger partial charge in [0.05, 0.1) is 0 Å². The molecule has 0 fully saturated rings. The molecule has 0 aliphatic rings. The zero-order valence-electron chi connectivity index (χ0n) is 10.8. The highest BCUT2D eigenvalue weighted by Crippen LogP contribution is 2.24. The summed E-state index contributed by atoms with van der Waals surface area (Å²) in [6.45, 7) is 3.73. The van der Waals surface area contributed by atoms with E-state index in [1.54, 1.807) is 0 Å². The van der Waals surface area contributed by atoms with E-state index in [4.69, 9.17) is 9.52 Å². The van der Waals surface area contributed by atoms with Gasteiger partial charge in [0, 0.05) is 11.3 Å². The van der Waals surface area contributed by atoms with E-state index in [1.165, 1.54) is 6.39 Å². The number of carboxylic acids is 1. The molecular weight excluding hydrogens is 246 g/mol. The smallest absolute Gasteiger partial charge is 0.326 e. The molecule has 1 unspecified atom stereocenters. The number of aryl methyl sites for hydroxylation is 1. The summed E-state index contributed by atoms with van der Waals surface area (Å²) in [5.74, 6) is -0.414. The maximum atomic E-state index is 11.0. The first-order valence-electron chi connectivity index (χ1n) is 5.98. The van der Waals surface area contributed by atoms with Gasteiger partial charge in [0.2, 0.25) is 12.3 Å². The number of nitrogens with one attached hydrogen (secondary N) is 1. The van der Waals surface area contributed by atoms with Crippen molar-refractivity contribution in [3.63, 3.8) is 0 Å². The molecule has 1 atom stereocenters. The summed E-state index contributed by atoms with van der Waals surface area (Å²) in [6.07, 6.45) is 1.79. The first kappa shape index (κ1) is 13.1. The van der Waals surface area contributed by atoms with Crippen LogP contribution in [0.1, 0.15) is 18.9 Å². The second-order valence-corrected chi connectivity index (χ2v) is 4.22. The molecule has 0 radical (unpaired) electrons. The SMILES string of the molecule is CCC(Nc1ccc(-c2nnco2)cc1C)C(=O)O. The maximum absolute atomic E-state index is 11.0. The van der Waals surface area contributed by atoms with Crippen molar-refractivity contribution in [2.24, 2.45) is 0 Å². The molecule has 6 heteroatoms. The molecule has 0 spiro atoms. The van der Waals surface area contributed by atoms with Crippen molar-refractivity contribution in [2.75, 3.05) is 5.32 Å². The van der Waals surface area contributed by atoms with E-state index in [1.807, 2.05) is 32.0 Å². The molecule has 2 rings (SSSR count). The Balaban J connectivity index is 2.22. The van der Waals surface area contributed by atoms with E-state index >= 15 is 0 Å². The van der Waals surface area contributed by atoms with Gasteiger partial charge < -0.3 is 14.8 Å². The van der Waals surface area contributed by atoms with Gasteiger partial charge in [0.15, 0.2) is 0 Å². The summed E-state index contributed by atoms with van der Waals surface area (Å²) in [6, 6.07) is 4.93. The second-order valence-electron chi connectivity index (χ2n) is 4.22. The highest BCUT2D eigenvalue weighted by atomic mass is 16.4. The molecule has 2 aromatic rings. The number of benzene rings is 1. The van der Waals surface area contributed by atoms with Gasteiger partial charge in [-0.15, -0.1) is 10.2 Å². The number of hydrogen-bond donors (Lipinski definition) is 2. The molecule has 1 aromatic carbocycles. The summed E-state index contributed by atoms with van der Waals surface area (Å²) in [7, 11) is 0. The second kappa shape index (κ2) is 5.51. The predicted octanol–water partition coefficient (Wildman–Crippen LogP) is 2.32. The fraction of sp³-hybridized carbons (Fsp3) is 0.308. The van der Waals surface area contributed by atoms with Crippen LogP contribution in [-0.4, -0.2) is 27.3 Å². The molecule has 19 heavy (non-hydrogen) atoms. The third-order valence-electron chi connectivity index (χ3n) is 2.87. The Labute approximate surface area is 110 Å². The predicted molar refractivity (Wildman–Crippen MR) is 69.8 cm³/mol. The Hall–Kier alpha value is -2.37. The lowest BCUT2D eigenvalue weighted by atomic mass is 10.1. The van der Waals surface area contributed by atoms with E-state index < -0.39 is 12.0 Å². The van der Waals surface area contributed by atoms with E-state index in [0.29, 0.717) is 12.3 Å². The highest BCUT2D eigenvalue weighted by molar-refractivity contribution is 5.78. The normalized spacial score (nSPS) is 12.1. The number of rotatable bonds is 5. The van der Waals surface area contributed by atoms with Crippen molar-refractivity contribution in [3.8, 4) is 11.5 Å². The van der Waals surface area contributed by atoms with E-state index in [0.717, 1.165) is 16.8 Å². The van der Waals surface area contributed by atoms with Crippen LogP contribution in [0, 0.1) is 6.92 Å². The summed E-state index contributed by atoms with van der Waals surface area (Å²) >= 11 is 0. The van der Waals surface area contributed by atoms with Crippen LogP contribution in [0.3, 0.4) is 0 Å². The Morgan fingerprint density at radius 3 is 2.84 bits per heavy atom. The van der Waals surface area contributed by atoms with Crippen LogP contribution in [-0.2, 0) is 4.79 Å². The number of carbonyl (C=O) groups is 1. The fourth-order valence-corrected chi connectivity index (χ4v) is 1.78. The molecule has 2 N–H and O–H groups in total. The zero-order chi connectivity index (χ0) is 13.8. The number of aromatic nitrogens is 2. The van der Waals surface area contributed by atoms with Crippen LogP contribution in [0.15, 0.2) is 29.0 Å². The lowest BCUT2D eigenvalue weighted by Gasteiger charge is -2.16. The number of nitrogens with zero attached hydrogens (tertiary/aromatic N) is 2. The minimum absolute atomic E-state index is 0.444. The van der Waals surface area contributed by atoms with E-state index in [9.17, 15) is 4.79 Å². The fourth-order valence-electron chi connectivity index (χ4n) is 1.78. The van der Waals surface area contributed by atoms with Crippen LogP contribution in [0.5, 0.6) is 0 Å². The Morgan fingerprint density at radius 1 is 1.53 bits per heavy atom. The van der Waals surface area contributed by atoms with Gasteiger partial charge >= 0.3 is 5.97 Å². The number of carboxylic acid groups (broad SMARTS) is 1. The quantitative estimate of drug-likeness (QED) is 0.858. The first-order chi connectivity index (χ1) is 9.11. The number of anilines is 1. The van der Waals surface area contributed by atoms with Gasteiger partial charge in [-0.3, -0.25) is 0 Å². The minimum Gasteiger partial charge on any atom is -0.480 e. The molecule has 100 valence electrons. The van der Waals surface area contributed by atoms with Gasteiger partial charge in [-0.1, -0.05) is 6.92 Å². The average Bonchev–Trinajstić information content (AvgIpc) is 2.90. The standard InChI is InChI=1S/C13H15N3O3/c1-3-10(13(17)18)15-11-5-4-9(6-8(11)2)12-16-14-7-19-12/h4-7,10,15H,3H2,1-2H3,(H,17,18). The minimum atomic E-state index is -0.858.